The van der Waals surface area contributed by atoms with Gasteiger partial charge in [0.25, 0.3) is 0 Å². The van der Waals surface area contributed by atoms with Gasteiger partial charge in [-0.3, -0.25) is 0 Å². The van der Waals surface area contributed by atoms with Crippen LogP contribution in [-0.4, -0.2) is 19.1 Å². The number of anilines is 1. The summed E-state index contributed by atoms with van der Waals surface area (Å²) in [6, 6.07) is 7.74. The molecule has 1 aromatic carbocycles. The Morgan fingerprint density at radius 1 is 1.32 bits per heavy atom. The van der Waals surface area contributed by atoms with Crippen molar-refractivity contribution in [3.8, 4) is 16.3 Å². The first-order valence-electron chi connectivity index (χ1n) is 6.00. The van der Waals surface area contributed by atoms with Crippen molar-refractivity contribution in [2.75, 3.05) is 5.73 Å². The maximum atomic E-state index is 5.79. The molecular formula is C13H13N5S. The summed E-state index contributed by atoms with van der Waals surface area (Å²) in [5.41, 5.74) is 8.59. The third kappa shape index (κ3) is 2.34. The monoisotopic (exact) mass is 271 g/mol. The minimum atomic E-state index is 0.745. The van der Waals surface area contributed by atoms with Crippen molar-refractivity contribution in [3.63, 3.8) is 0 Å². The molecule has 0 aliphatic rings. The summed E-state index contributed by atoms with van der Waals surface area (Å²) in [6.45, 7) is 2.03. The summed E-state index contributed by atoms with van der Waals surface area (Å²) in [5.74, 6) is 0.848. The predicted molar refractivity (Wildman–Crippen MR) is 76.3 cm³/mol. The molecule has 5 nitrogen and oxygen atoms in total. The maximum absolute atomic E-state index is 5.79. The van der Waals surface area contributed by atoms with Gasteiger partial charge in [0.1, 0.15) is 5.82 Å². The van der Waals surface area contributed by atoms with Gasteiger partial charge in [0.2, 0.25) is 5.13 Å². The van der Waals surface area contributed by atoms with Crippen molar-refractivity contribution in [2.24, 2.45) is 0 Å². The first-order valence-corrected chi connectivity index (χ1v) is 6.77. The maximum Gasteiger partial charge on any atom is 0.230 e. The number of aromatic nitrogens is 4. The molecule has 19 heavy (non-hydrogen) atoms. The van der Waals surface area contributed by atoms with Crippen LogP contribution in [0.25, 0.3) is 16.3 Å². The van der Waals surface area contributed by atoms with E-state index in [4.69, 9.17) is 5.73 Å². The van der Waals surface area contributed by atoms with E-state index in [0.29, 0.717) is 0 Å². The van der Waals surface area contributed by atoms with Gasteiger partial charge in [-0.25, -0.2) is 9.67 Å². The molecule has 0 radical (unpaired) electrons. The van der Waals surface area contributed by atoms with Crippen molar-refractivity contribution in [1.29, 1.82) is 0 Å². The smallest absolute Gasteiger partial charge is 0.230 e. The molecule has 0 aliphatic carbocycles. The number of aryl methyl sites for hydroxylation is 1. The number of nitrogens with zero attached hydrogens (tertiary/aromatic N) is 4. The summed E-state index contributed by atoms with van der Waals surface area (Å²) in [4.78, 5) is 4.41. The molecule has 6 heteroatoms. The Morgan fingerprint density at radius 2 is 2.21 bits per heavy atom. The lowest BCUT2D eigenvalue weighted by Gasteiger charge is -1.98. The molecule has 0 aliphatic heterocycles. The van der Waals surface area contributed by atoms with Gasteiger partial charge in [0.15, 0.2) is 0 Å². The van der Waals surface area contributed by atoms with Gasteiger partial charge < -0.3 is 5.73 Å². The van der Waals surface area contributed by atoms with Gasteiger partial charge in [-0.2, -0.15) is 9.47 Å². The van der Waals surface area contributed by atoms with Crippen LogP contribution in [0.4, 0.5) is 5.69 Å². The van der Waals surface area contributed by atoms with Gasteiger partial charge in [0.05, 0.1) is 6.20 Å². The lowest BCUT2D eigenvalue weighted by molar-refractivity contribution is 0.854. The van der Waals surface area contributed by atoms with Crippen molar-refractivity contribution in [3.05, 3.63) is 42.5 Å². The lowest BCUT2D eigenvalue weighted by atomic mass is 10.1. The summed E-state index contributed by atoms with van der Waals surface area (Å²) < 4.78 is 6.00. The molecular weight excluding hydrogens is 258 g/mol. The molecule has 0 unspecified atom stereocenters. The number of nitrogen functional groups attached to an aromatic ring is 1. The molecule has 0 spiro atoms. The highest BCUT2D eigenvalue weighted by molar-refractivity contribution is 7.08. The van der Waals surface area contributed by atoms with Crippen LogP contribution < -0.4 is 5.73 Å². The molecule has 0 saturated heterocycles. The normalized spacial score (nSPS) is 10.8. The first-order chi connectivity index (χ1) is 9.26. The van der Waals surface area contributed by atoms with Crippen LogP contribution in [0.1, 0.15) is 12.7 Å². The summed E-state index contributed by atoms with van der Waals surface area (Å²) in [5, 5.41) is 5.11. The Balaban J connectivity index is 1.95. The van der Waals surface area contributed by atoms with Gasteiger partial charge in [-0.05, 0) is 17.7 Å². The molecule has 0 bridgehead atoms. The Hall–Kier alpha value is -2.21. The van der Waals surface area contributed by atoms with Crippen molar-refractivity contribution < 1.29 is 0 Å². The van der Waals surface area contributed by atoms with E-state index in [-0.39, 0.29) is 0 Å². The Kier molecular flexibility index (Phi) is 3.00. The van der Waals surface area contributed by atoms with Gasteiger partial charge >= 0.3 is 0 Å². The van der Waals surface area contributed by atoms with Gasteiger partial charge in [-0.15, -0.1) is 0 Å². The zero-order chi connectivity index (χ0) is 13.2. The standard InChI is InChI=1S/C13H13N5S/c1-2-12-16-13(19-17-12)18-8-10(7-15-18)9-4-3-5-11(14)6-9/h3-8H,2,14H2,1H3. The second-order valence-corrected chi connectivity index (χ2v) is 4.88. The Morgan fingerprint density at radius 3 is 2.95 bits per heavy atom. The van der Waals surface area contributed by atoms with E-state index in [1.807, 2.05) is 43.6 Å². The highest BCUT2D eigenvalue weighted by Gasteiger charge is 2.08. The van der Waals surface area contributed by atoms with Gasteiger partial charge in [-0.1, -0.05) is 19.1 Å². The minimum absolute atomic E-state index is 0.745. The average Bonchev–Trinajstić information content (AvgIpc) is 3.07. The van der Waals surface area contributed by atoms with Crippen LogP contribution in [-0.2, 0) is 6.42 Å². The van der Waals surface area contributed by atoms with E-state index in [2.05, 4.69) is 14.5 Å². The fraction of sp³-hybridized carbons (Fsp3) is 0.154. The average molecular weight is 271 g/mol. The van der Waals surface area contributed by atoms with Crippen molar-refractivity contribution in [1.82, 2.24) is 19.1 Å². The van der Waals surface area contributed by atoms with E-state index in [9.17, 15) is 0 Å². The third-order valence-corrected chi connectivity index (χ3v) is 3.52. The molecule has 0 saturated carbocycles. The molecule has 2 heterocycles. The number of hydrogen-bond acceptors (Lipinski definition) is 5. The fourth-order valence-electron chi connectivity index (χ4n) is 1.78. The first kappa shape index (κ1) is 11.9. The van der Waals surface area contributed by atoms with Crippen LogP contribution >= 0.6 is 11.5 Å². The number of rotatable bonds is 3. The molecule has 3 aromatic rings. The lowest BCUT2D eigenvalue weighted by Crippen LogP contribution is -1.93. The number of benzene rings is 1. The zero-order valence-electron chi connectivity index (χ0n) is 10.4. The summed E-state index contributed by atoms with van der Waals surface area (Å²) >= 11 is 1.35. The largest absolute Gasteiger partial charge is 0.399 e. The van der Waals surface area contributed by atoms with E-state index < -0.39 is 0 Å². The van der Waals surface area contributed by atoms with Gasteiger partial charge in [0, 0.05) is 35.4 Å². The van der Waals surface area contributed by atoms with E-state index in [1.165, 1.54) is 11.5 Å². The molecule has 3 rings (SSSR count). The molecule has 0 amide bonds. The highest BCUT2D eigenvalue weighted by Crippen LogP contribution is 2.22. The Labute approximate surface area is 114 Å². The highest BCUT2D eigenvalue weighted by atomic mass is 32.1. The van der Waals surface area contributed by atoms with Crippen molar-refractivity contribution in [2.45, 2.75) is 13.3 Å². The molecule has 0 atom stereocenters. The minimum Gasteiger partial charge on any atom is -0.399 e. The number of hydrogen-bond donors (Lipinski definition) is 1. The quantitative estimate of drug-likeness (QED) is 0.743. The van der Waals surface area contributed by atoms with Crippen LogP contribution in [0.2, 0.25) is 0 Å². The van der Waals surface area contributed by atoms with E-state index in [1.54, 1.807) is 4.68 Å². The second-order valence-electron chi connectivity index (χ2n) is 4.15. The SMILES string of the molecule is CCc1nsc(-n2cc(-c3cccc(N)c3)cn2)n1. The second kappa shape index (κ2) is 4.81. The Bertz CT molecular complexity index is 700. The van der Waals surface area contributed by atoms with Crippen LogP contribution in [0, 0.1) is 0 Å². The van der Waals surface area contributed by atoms with Crippen LogP contribution in [0.15, 0.2) is 36.7 Å². The third-order valence-electron chi connectivity index (χ3n) is 2.77. The summed E-state index contributed by atoms with van der Waals surface area (Å²) in [6.07, 6.45) is 4.58. The van der Waals surface area contributed by atoms with E-state index in [0.717, 1.165) is 34.2 Å². The number of nitrogens with two attached hydrogens (primary N) is 1. The molecule has 2 N–H and O–H groups in total. The topological polar surface area (TPSA) is 69.6 Å². The molecule has 2 aromatic heterocycles. The molecule has 0 fully saturated rings. The van der Waals surface area contributed by atoms with Crippen LogP contribution in [0.3, 0.4) is 0 Å². The van der Waals surface area contributed by atoms with Crippen LogP contribution in [0.5, 0.6) is 0 Å². The zero-order valence-corrected chi connectivity index (χ0v) is 11.3. The summed E-state index contributed by atoms with van der Waals surface area (Å²) in [7, 11) is 0. The van der Waals surface area contributed by atoms with E-state index >= 15 is 0 Å². The molecule has 96 valence electrons. The fourth-order valence-corrected chi connectivity index (χ4v) is 2.46. The predicted octanol–water partition coefficient (Wildman–Crippen LogP) is 2.54. The van der Waals surface area contributed by atoms with Crippen molar-refractivity contribution >= 4 is 17.2 Å².